The highest BCUT2D eigenvalue weighted by Gasteiger charge is 2.30. The van der Waals surface area contributed by atoms with Crippen molar-refractivity contribution < 1.29 is 13.3 Å². The lowest BCUT2D eigenvalue weighted by atomic mass is 10.2. The molecule has 2 rings (SSSR count). The molecule has 0 spiro atoms. The molecule has 0 aliphatic carbocycles. The zero-order valence-electron chi connectivity index (χ0n) is 9.31. The van der Waals surface area contributed by atoms with E-state index >= 15 is 0 Å². The third-order valence-corrected chi connectivity index (χ3v) is 4.65. The van der Waals surface area contributed by atoms with E-state index in [0.717, 1.165) is 4.47 Å². The van der Waals surface area contributed by atoms with Crippen LogP contribution in [0.1, 0.15) is 12.0 Å². The number of sulfonamides is 1. The van der Waals surface area contributed by atoms with Gasteiger partial charge in [0.05, 0.1) is 11.5 Å². The Morgan fingerprint density at radius 1 is 1.47 bits per heavy atom. The van der Waals surface area contributed by atoms with Crippen LogP contribution in [-0.2, 0) is 14.9 Å². The van der Waals surface area contributed by atoms with Crippen molar-refractivity contribution in [1.82, 2.24) is 4.47 Å². The highest BCUT2D eigenvalue weighted by atomic mass is 35.5. The first kappa shape index (κ1) is 12.6. The van der Waals surface area contributed by atoms with E-state index < -0.39 is 10.0 Å². The molecule has 0 unspecified atom stereocenters. The molecule has 7 heteroatoms. The van der Waals surface area contributed by atoms with Gasteiger partial charge in [0.25, 0.3) is 10.0 Å². The molecule has 2 N–H and O–H groups in total. The topological polar surface area (TPSA) is 72.6 Å². The molecule has 0 aromatic heterocycles. The number of nitrogen functional groups attached to an aromatic ring is 1. The van der Waals surface area contributed by atoms with Gasteiger partial charge in [0.1, 0.15) is 0 Å². The average molecular weight is 277 g/mol. The molecule has 0 radical (unpaired) electrons. The van der Waals surface area contributed by atoms with Crippen LogP contribution in [0.4, 0.5) is 5.69 Å². The fourth-order valence-electron chi connectivity index (χ4n) is 1.67. The van der Waals surface area contributed by atoms with Gasteiger partial charge in [0, 0.05) is 17.3 Å². The Balaban J connectivity index is 2.52. The molecule has 1 aromatic rings. The summed E-state index contributed by atoms with van der Waals surface area (Å²) in [5.41, 5.74) is 6.56. The van der Waals surface area contributed by atoms with Crippen LogP contribution in [0.3, 0.4) is 0 Å². The van der Waals surface area contributed by atoms with E-state index in [-0.39, 0.29) is 4.90 Å². The Hall–Kier alpha value is -0.820. The minimum atomic E-state index is -3.67. The normalized spacial score (nSPS) is 17.5. The second-order valence-corrected chi connectivity index (χ2v) is 6.07. The second-order valence-electron chi connectivity index (χ2n) is 3.84. The molecule has 1 aliphatic rings. The number of hydrogen-bond acceptors (Lipinski definition) is 4. The first-order chi connectivity index (χ1) is 7.93. The van der Waals surface area contributed by atoms with Gasteiger partial charge in [-0.2, -0.15) is 0 Å². The van der Waals surface area contributed by atoms with Crippen molar-refractivity contribution in [1.29, 1.82) is 0 Å². The molecule has 0 atom stereocenters. The maximum absolute atomic E-state index is 12.2. The summed E-state index contributed by atoms with van der Waals surface area (Å²) >= 11 is 5.83. The first-order valence-corrected chi connectivity index (χ1v) is 6.96. The highest BCUT2D eigenvalue weighted by molar-refractivity contribution is 7.89. The summed E-state index contributed by atoms with van der Waals surface area (Å²) in [4.78, 5) is 5.17. The maximum atomic E-state index is 12.2. The van der Waals surface area contributed by atoms with Crippen LogP contribution in [-0.4, -0.2) is 26.0 Å². The van der Waals surface area contributed by atoms with Gasteiger partial charge >= 0.3 is 0 Å². The van der Waals surface area contributed by atoms with Crippen LogP contribution >= 0.6 is 11.6 Å². The number of halogens is 1. The van der Waals surface area contributed by atoms with Gasteiger partial charge < -0.3 is 5.73 Å². The molecule has 1 saturated heterocycles. The summed E-state index contributed by atoms with van der Waals surface area (Å²) in [7, 11) is -3.67. The van der Waals surface area contributed by atoms with E-state index in [1.165, 1.54) is 12.1 Å². The fourth-order valence-corrected chi connectivity index (χ4v) is 3.54. The Morgan fingerprint density at radius 2 is 2.18 bits per heavy atom. The molecule has 94 valence electrons. The second kappa shape index (κ2) is 4.45. The predicted molar refractivity (Wildman–Crippen MR) is 65.1 cm³/mol. The molecule has 1 aromatic carbocycles. The maximum Gasteiger partial charge on any atom is 0.265 e. The quantitative estimate of drug-likeness (QED) is 0.832. The fraction of sp³-hybridized carbons (Fsp3) is 0.400. The molecular weight excluding hydrogens is 264 g/mol. The Bertz CT molecular complexity index is 539. The van der Waals surface area contributed by atoms with Crippen molar-refractivity contribution in [2.75, 3.05) is 18.9 Å². The van der Waals surface area contributed by atoms with Crippen LogP contribution < -0.4 is 5.73 Å². The van der Waals surface area contributed by atoms with Gasteiger partial charge in [-0.15, -0.1) is 0 Å². The van der Waals surface area contributed by atoms with Crippen LogP contribution in [0.5, 0.6) is 0 Å². The number of benzene rings is 1. The van der Waals surface area contributed by atoms with Crippen LogP contribution in [0.2, 0.25) is 5.02 Å². The highest BCUT2D eigenvalue weighted by Crippen LogP contribution is 2.29. The predicted octanol–water partition coefficient (Wildman–Crippen LogP) is 1.56. The van der Waals surface area contributed by atoms with E-state index in [1.54, 1.807) is 6.92 Å². The zero-order valence-corrected chi connectivity index (χ0v) is 10.9. The van der Waals surface area contributed by atoms with Crippen molar-refractivity contribution in [3.63, 3.8) is 0 Å². The van der Waals surface area contributed by atoms with Crippen LogP contribution in [0, 0.1) is 6.92 Å². The van der Waals surface area contributed by atoms with Crippen molar-refractivity contribution in [3.8, 4) is 0 Å². The Kier molecular flexibility index (Phi) is 3.31. The van der Waals surface area contributed by atoms with Crippen molar-refractivity contribution in [3.05, 3.63) is 22.7 Å². The van der Waals surface area contributed by atoms with Crippen LogP contribution in [0.25, 0.3) is 0 Å². The lowest BCUT2D eigenvalue weighted by molar-refractivity contribution is -0.0284. The van der Waals surface area contributed by atoms with Gasteiger partial charge in [-0.05, 0) is 31.0 Å². The summed E-state index contributed by atoms with van der Waals surface area (Å²) in [5, 5.41) is 0.297. The summed E-state index contributed by atoms with van der Waals surface area (Å²) in [6, 6.07) is 2.92. The molecule has 0 saturated carbocycles. The Labute approximate surface area is 105 Å². The number of nitrogens with zero attached hydrogens (tertiary/aromatic N) is 1. The third-order valence-electron chi connectivity index (χ3n) is 2.63. The summed E-state index contributed by atoms with van der Waals surface area (Å²) in [5.74, 6) is 0. The summed E-state index contributed by atoms with van der Waals surface area (Å²) < 4.78 is 25.5. The van der Waals surface area contributed by atoms with Gasteiger partial charge in [-0.3, -0.25) is 4.84 Å². The number of anilines is 1. The minimum absolute atomic E-state index is 0.101. The number of nitrogens with two attached hydrogens (primary N) is 1. The van der Waals surface area contributed by atoms with Gasteiger partial charge in [-0.1, -0.05) is 16.1 Å². The van der Waals surface area contributed by atoms with Gasteiger partial charge in [-0.25, -0.2) is 8.42 Å². The largest absolute Gasteiger partial charge is 0.398 e. The summed E-state index contributed by atoms with van der Waals surface area (Å²) in [6.45, 7) is 2.41. The van der Waals surface area contributed by atoms with E-state index in [9.17, 15) is 8.42 Å². The summed E-state index contributed by atoms with van der Waals surface area (Å²) in [6.07, 6.45) is 0.689. The molecule has 5 nitrogen and oxygen atoms in total. The number of hydroxylamine groups is 1. The van der Waals surface area contributed by atoms with E-state index in [0.29, 0.717) is 35.8 Å². The monoisotopic (exact) mass is 276 g/mol. The molecule has 0 amide bonds. The molecule has 1 heterocycles. The standard InChI is InChI=1S/C10H13ClN2O3S/c1-7-9(12)5-8(11)6-10(7)17(14,15)13-3-2-4-16-13/h5-6H,2-4,12H2,1H3. The molecule has 1 aliphatic heterocycles. The van der Waals surface area contributed by atoms with Crippen molar-refractivity contribution >= 4 is 27.3 Å². The minimum Gasteiger partial charge on any atom is -0.398 e. The molecule has 17 heavy (non-hydrogen) atoms. The van der Waals surface area contributed by atoms with E-state index in [1.807, 2.05) is 0 Å². The lowest BCUT2D eigenvalue weighted by Gasteiger charge is -2.17. The first-order valence-electron chi connectivity index (χ1n) is 5.14. The van der Waals surface area contributed by atoms with Crippen molar-refractivity contribution in [2.45, 2.75) is 18.2 Å². The van der Waals surface area contributed by atoms with Gasteiger partial charge in [0.2, 0.25) is 0 Å². The average Bonchev–Trinajstić information content (AvgIpc) is 2.76. The third kappa shape index (κ3) is 2.26. The van der Waals surface area contributed by atoms with E-state index in [4.69, 9.17) is 22.2 Å². The van der Waals surface area contributed by atoms with E-state index in [2.05, 4.69) is 0 Å². The zero-order chi connectivity index (χ0) is 12.6. The Morgan fingerprint density at radius 3 is 2.76 bits per heavy atom. The van der Waals surface area contributed by atoms with Crippen molar-refractivity contribution in [2.24, 2.45) is 0 Å². The van der Waals surface area contributed by atoms with Gasteiger partial charge in [0.15, 0.2) is 0 Å². The molecular formula is C10H13ClN2O3S. The van der Waals surface area contributed by atoms with Crippen LogP contribution in [0.15, 0.2) is 17.0 Å². The number of hydrogen-bond donors (Lipinski definition) is 1. The SMILES string of the molecule is Cc1c(N)cc(Cl)cc1S(=O)(=O)N1CCCO1. The lowest BCUT2D eigenvalue weighted by Crippen LogP contribution is -2.27. The smallest absolute Gasteiger partial charge is 0.265 e. The molecule has 1 fully saturated rings. The molecule has 0 bridgehead atoms. The number of rotatable bonds is 2.